The Morgan fingerprint density at radius 3 is 2.38 bits per heavy atom. The summed E-state index contributed by atoms with van der Waals surface area (Å²) in [5.74, 6) is -1.62. The van der Waals surface area contributed by atoms with E-state index >= 15 is 0 Å². The average molecular weight is 288 g/mol. The van der Waals surface area contributed by atoms with E-state index in [0.717, 1.165) is 28.9 Å². The summed E-state index contributed by atoms with van der Waals surface area (Å²) in [5, 5.41) is 2.28. The molecule has 1 heterocycles. The normalized spacial score (nSPS) is 18.9. The summed E-state index contributed by atoms with van der Waals surface area (Å²) < 4.78 is 0. The summed E-state index contributed by atoms with van der Waals surface area (Å²) in [4.78, 5) is 37.2. The van der Waals surface area contributed by atoms with Gasteiger partial charge in [0.25, 0.3) is 0 Å². The van der Waals surface area contributed by atoms with Crippen LogP contribution in [0.1, 0.15) is 37.8 Å². The van der Waals surface area contributed by atoms with Crippen LogP contribution < -0.4 is 5.32 Å². The molecule has 0 radical (unpaired) electrons. The smallest absolute Gasteiger partial charge is 0.277 e. The number of carbonyl (C=O) groups excluding carboxylic acids is 3. The fraction of sp³-hybridized carbons (Fsp3) is 0.438. The number of carbonyl (C=O) groups is 3. The van der Waals surface area contributed by atoms with Crippen molar-refractivity contribution in [3.63, 3.8) is 0 Å². The van der Waals surface area contributed by atoms with Gasteiger partial charge in [0.05, 0.1) is 6.54 Å². The number of imide groups is 2. The predicted octanol–water partition coefficient (Wildman–Crippen LogP) is 2.24. The number of amides is 4. The first-order valence-corrected chi connectivity index (χ1v) is 7.31. The summed E-state index contributed by atoms with van der Waals surface area (Å²) >= 11 is 0. The minimum Gasteiger partial charge on any atom is -0.277 e. The van der Waals surface area contributed by atoms with Crippen LogP contribution in [0.3, 0.4) is 0 Å². The molecule has 4 amide bonds. The molecule has 1 aromatic carbocycles. The molecule has 2 rings (SSSR count). The van der Waals surface area contributed by atoms with Gasteiger partial charge < -0.3 is 0 Å². The van der Waals surface area contributed by atoms with Gasteiger partial charge in [-0.1, -0.05) is 44.5 Å². The molecule has 0 bridgehead atoms. The molecule has 0 saturated carbocycles. The number of hydrogen-bond acceptors (Lipinski definition) is 3. The Bertz CT molecular complexity index is 568. The van der Waals surface area contributed by atoms with E-state index in [4.69, 9.17) is 0 Å². The van der Waals surface area contributed by atoms with Crippen molar-refractivity contribution in [3.05, 3.63) is 35.4 Å². The molecule has 1 unspecified atom stereocenters. The van der Waals surface area contributed by atoms with E-state index in [2.05, 4.69) is 5.32 Å². The molecule has 21 heavy (non-hydrogen) atoms. The van der Waals surface area contributed by atoms with Crippen molar-refractivity contribution < 1.29 is 14.4 Å². The number of barbiturate groups is 1. The number of urea groups is 1. The Kier molecular flexibility index (Phi) is 4.73. The van der Waals surface area contributed by atoms with Crippen LogP contribution in [0.15, 0.2) is 24.3 Å². The maximum Gasteiger partial charge on any atom is 0.331 e. The van der Waals surface area contributed by atoms with E-state index in [1.54, 1.807) is 0 Å². The first-order valence-electron chi connectivity index (χ1n) is 7.31. The topological polar surface area (TPSA) is 66.5 Å². The molecule has 1 N–H and O–H groups in total. The van der Waals surface area contributed by atoms with Crippen LogP contribution in [0.2, 0.25) is 0 Å². The van der Waals surface area contributed by atoms with Crippen LogP contribution >= 0.6 is 0 Å². The molecule has 5 nitrogen and oxygen atoms in total. The zero-order chi connectivity index (χ0) is 15.4. The van der Waals surface area contributed by atoms with Gasteiger partial charge in [-0.2, -0.15) is 0 Å². The van der Waals surface area contributed by atoms with Gasteiger partial charge in [0, 0.05) is 0 Å². The van der Waals surface area contributed by atoms with E-state index < -0.39 is 23.8 Å². The van der Waals surface area contributed by atoms with Crippen LogP contribution in [0, 0.1) is 5.92 Å². The SMILES string of the molecule is CCCC1C(=O)NC(=O)N(Cc2ccccc2CC)C1=O. The highest BCUT2D eigenvalue weighted by atomic mass is 16.2. The Morgan fingerprint density at radius 1 is 1.10 bits per heavy atom. The van der Waals surface area contributed by atoms with Crippen LogP contribution in [0.25, 0.3) is 0 Å². The summed E-state index contributed by atoms with van der Waals surface area (Å²) in [6, 6.07) is 7.09. The second-order valence-corrected chi connectivity index (χ2v) is 5.18. The van der Waals surface area contributed by atoms with E-state index in [1.165, 1.54) is 0 Å². The third-order valence-electron chi connectivity index (χ3n) is 3.76. The van der Waals surface area contributed by atoms with Crippen molar-refractivity contribution in [2.24, 2.45) is 5.92 Å². The third kappa shape index (κ3) is 3.12. The minimum atomic E-state index is -0.749. The summed E-state index contributed by atoms with van der Waals surface area (Å²) in [6.07, 6.45) is 2.01. The van der Waals surface area contributed by atoms with Gasteiger partial charge in [-0.25, -0.2) is 4.79 Å². The van der Waals surface area contributed by atoms with Crippen molar-refractivity contribution in [1.82, 2.24) is 10.2 Å². The molecular formula is C16H20N2O3. The highest BCUT2D eigenvalue weighted by Crippen LogP contribution is 2.20. The number of benzene rings is 1. The fourth-order valence-electron chi connectivity index (χ4n) is 2.58. The molecular weight excluding hydrogens is 268 g/mol. The average Bonchev–Trinajstić information content (AvgIpc) is 2.48. The number of rotatable bonds is 5. The molecule has 0 aromatic heterocycles. The lowest BCUT2D eigenvalue weighted by Crippen LogP contribution is -2.57. The molecule has 1 atom stereocenters. The van der Waals surface area contributed by atoms with Gasteiger partial charge in [-0.05, 0) is 24.0 Å². The van der Waals surface area contributed by atoms with Crippen molar-refractivity contribution in [3.8, 4) is 0 Å². The molecule has 1 fully saturated rings. The first kappa shape index (κ1) is 15.2. The Labute approximate surface area is 124 Å². The summed E-state index contributed by atoms with van der Waals surface area (Å²) in [7, 11) is 0. The molecule has 1 aliphatic rings. The van der Waals surface area contributed by atoms with Gasteiger partial charge in [0.1, 0.15) is 5.92 Å². The third-order valence-corrected chi connectivity index (χ3v) is 3.76. The van der Waals surface area contributed by atoms with Crippen LogP contribution in [0.4, 0.5) is 4.79 Å². The van der Waals surface area contributed by atoms with Gasteiger partial charge >= 0.3 is 6.03 Å². The quantitative estimate of drug-likeness (QED) is 0.845. The molecule has 0 aliphatic carbocycles. The van der Waals surface area contributed by atoms with E-state index in [9.17, 15) is 14.4 Å². The Hall–Kier alpha value is -2.17. The molecule has 1 aromatic rings. The number of hydrogen-bond donors (Lipinski definition) is 1. The van der Waals surface area contributed by atoms with E-state index in [1.807, 2.05) is 38.1 Å². The van der Waals surface area contributed by atoms with Gasteiger partial charge in [0.2, 0.25) is 11.8 Å². The van der Waals surface area contributed by atoms with E-state index in [0.29, 0.717) is 6.42 Å². The summed E-state index contributed by atoms with van der Waals surface area (Å²) in [6.45, 7) is 4.15. The van der Waals surface area contributed by atoms with Crippen molar-refractivity contribution in [1.29, 1.82) is 0 Å². The second-order valence-electron chi connectivity index (χ2n) is 5.18. The lowest BCUT2D eigenvalue weighted by Gasteiger charge is -2.30. The van der Waals surface area contributed by atoms with Crippen LogP contribution in [0.5, 0.6) is 0 Å². The Morgan fingerprint density at radius 2 is 1.76 bits per heavy atom. The second kappa shape index (κ2) is 6.52. The number of nitrogens with zero attached hydrogens (tertiary/aromatic N) is 1. The number of aryl methyl sites for hydroxylation is 1. The molecule has 5 heteroatoms. The maximum atomic E-state index is 12.4. The lowest BCUT2D eigenvalue weighted by molar-refractivity contribution is -0.143. The zero-order valence-electron chi connectivity index (χ0n) is 12.4. The Balaban J connectivity index is 2.23. The molecule has 1 aliphatic heterocycles. The van der Waals surface area contributed by atoms with Gasteiger partial charge in [-0.15, -0.1) is 0 Å². The molecule has 0 spiro atoms. The van der Waals surface area contributed by atoms with Gasteiger partial charge in [0.15, 0.2) is 0 Å². The van der Waals surface area contributed by atoms with Crippen molar-refractivity contribution in [2.75, 3.05) is 0 Å². The van der Waals surface area contributed by atoms with Gasteiger partial charge in [-0.3, -0.25) is 19.8 Å². The first-order chi connectivity index (χ1) is 10.1. The highest BCUT2D eigenvalue weighted by Gasteiger charge is 2.39. The molecule has 1 saturated heterocycles. The predicted molar refractivity (Wildman–Crippen MR) is 78.3 cm³/mol. The summed E-state index contributed by atoms with van der Waals surface area (Å²) in [5.41, 5.74) is 2.04. The zero-order valence-corrected chi connectivity index (χ0v) is 12.4. The highest BCUT2D eigenvalue weighted by molar-refractivity contribution is 6.16. The van der Waals surface area contributed by atoms with Crippen LogP contribution in [-0.2, 0) is 22.6 Å². The lowest BCUT2D eigenvalue weighted by atomic mass is 9.98. The monoisotopic (exact) mass is 288 g/mol. The maximum absolute atomic E-state index is 12.4. The molecule has 112 valence electrons. The van der Waals surface area contributed by atoms with Crippen molar-refractivity contribution >= 4 is 17.8 Å². The van der Waals surface area contributed by atoms with Crippen molar-refractivity contribution in [2.45, 2.75) is 39.7 Å². The fourth-order valence-corrected chi connectivity index (χ4v) is 2.58. The van der Waals surface area contributed by atoms with E-state index in [-0.39, 0.29) is 6.54 Å². The largest absolute Gasteiger partial charge is 0.331 e. The number of nitrogens with one attached hydrogen (secondary N) is 1. The van der Waals surface area contributed by atoms with Crippen LogP contribution in [-0.4, -0.2) is 22.7 Å². The standard InChI is InChI=1S/C16H20N2O3/c1-3-7-13-14(19)17-16(21)18(15(13)20)10-12-9-6-5-8-11(12)4-2/h5-6,8-9,13H,3-4,7,10H2,1-2H3,(H,17,19,21). The minimum absolute atomic E-state index is 0.210.